The molecule has 0 aromatic rings. The maximum atomic E-state index is 2.46. The highest BCUT2D eigenvalue weighted by Gasteiger charge is 2.42. The molecule has 1 spiro atoms. The predicted molar refractivity (Wildman–Crippen MR) is 76.0 cm³/mol. The molecule has 100 valence electrons. The van der Waals surface area contributed by atoms with Gasteiger partial charge >= 0.3 is 0 Å². The third-order valence-corrected chi connectivity index (χ3v) is 5.85. The fourth-order valence-electron chi connectivity index (χ4n) is 4.75. The van der Waals surface area contributed by atoms with Gasteiger partial charge in [0.25, 0.3) is 0 Å². The lowest BCUT2D eigenvalue weighted by molar-refractivity contribution is 0.0130. The van der Waals surface area contributed by atoms with Crippen LogP contribution < -0.4 is 0 Å². The van der Waals surface area contributed by atoms with Crippen LogP contribution in [0.1, 0.15) is 79.1 Å². The van der Waals surface area contributed by atoms with Crippen molar-refractivity contribution in [3.63, 3.8) is 0 Å². The largest absolute Gasteiger partial charge is 0.0625 e. The van der Waals surface area contributed by atoms with Crippen LogP contribution in [-0.4, -0.2) is 0 Å². The third kappa shape index (κ3) is 2.88. The Morgan fingerprint density at radius 3 is 1.88 bits per heavy atom. The van der Waals surface area contributed by atoms with E-state index >= 15 is 0 Å². The van der Waals surface area contributed by atoms with Gasteiger partial charge in [0.1, 0.15) is 0 Å². The molecule has 2 rings (SSSR count). The summed E-state index contributed by atoms with van der Waals surface area (Å²) in [4.78, 5) is 0. The maximum Gasteiger partial charge on any atom is -0.0295 e. The van der Waals surface area contributed by atoms with E-state index in [9.17, 15) is 0 Å². The molecule has 0 aromatic heterocycles. The molecule has 0 heterocycles. The average molecular weight is 236 g/mol. The first-order chi connectivity index (χ1) is 8.04. The summed E-state index contributed by atoms with van der Waals surface area (Å²) in [5.41, 5.74) is 0.776. The van der Waals surface area contributed by atoms with E-state index in [0.717, 1.165) is 29.1 Å². The van der Waals surface area contributed by atoms with Gasteiger partial charge in [0.05, 0.1) is 0 Å². The van der Waals surface area contributed by atoms with Crippen molar-refractivity contribution in [3.8, 4) is 0 Å². The summed E-state index contributed by atoms with van der Waals surface area (Å²) in [7, 11) is 0. The van der Waals surface area contributed by atoms with Gasteiger partial charge in [-0.3, -0.25) is 0 Å². The predicted octanol–water partition coefficient (Wildman–Crippen LogP) is 5.67. The zero-order valence-electron chi connectivity index (χ0n) is 12.5. The molecule has 0 N–H and O–H groups in total. The second-order valence-corrected chi connectivity index (χ2v) is 7.62. The highest BCUT2D eigenvalue weighted by atomic mass is 14.5. The van der Waals surface area contributed by atoms with Crippen molar-refractivity contribution in [1.82, 2.24) is 0 Å². The molecular weight excluding hydrogens is 204 g/mol. The van der Waals surface area contributed by atoms with E-state index in [1.807, 2.05) is 0 Å². The summed E-state index contributed by atoms with van der Waals surface area (Å²) in [5, 5.41) is 0. The van der Waals surface area contributed by atoms with E-state index in [1.54, 1.807) is 25.7 Å². The zero-order valence-corrected chi connectivity index (χ0v) is 12.5. The van der Waals surface area contributed by atoms with Gasteiger partial charge in [-0.2, -0.15) is 0 Å². The van der Waals surface area contributed by atoms with Crippen LogP contribution in [0.3, 0.4) is 0 Å². The number of hydrogen-bond donors (Lipinski definition) is 0. The highest BCUT2D eigenvalue weighted by molar-refractivity contribution is 4.93. The van der Waals surface area contributed by atoms with Crippen LogP contribution in [0.25, 0.3) is 0 Å². The van der Waals surface area contributed by atoms with Gasteiger partial charge < -0.3 is 0 Å². The Bertz CT molecular complexity index is 232. The molecule has 2 saturated carbocycles. The number of hydrogen-bond acceptors (Lipinski definition) is 0. The first-order valence-corrected chi connectivity index (χ1v) is 8.04. The lowest BCUT2D eigenvalue weighted by atomic mass is 9.56. The van der Waals surface area contributed by atoms with Crippen molar-refractivity contribution in [2.75, 3.05) is 0 Å². The van der Waals surface area contributed by atoms with Gasteiger partial charge in [-0.05, 0) is 61.2 Å². The molecule has 2 unspecified atom stereocenters. The standard InChI is InChI=1S/C17H32/c1-13(2)15-8-11-17(9-6-5-7-10-17)12-16(15)14(3)4/h13-16H,5-12H2,1-4H3. The molecular formula is C17H32. The van der Waals surface area contributed by atoms with Crippen LogP contribution in [-0.2, 0) is 0 Å². The van der Waals surface area contributed by atoms with Gasteiger partial charge in [0.2, 0.25) is 0 Å². The van der Waals surface area contributed by atoms with E-state index < -0.39 is 0 Å². The van der Waals surface area contributed by atoms with E-state index in [1.165, 1.54) is 25.7 Å². The summed E-state index contributed by atoms with van der Waals surface area (Å²) < 4.78 is 0. The Morgan fingerprint density at radius 1 is 0.765 bits per heavy atom. The maximum absolute atomic E-state index is 2.46. The van der Waals surface area contributed by atoms with Gasteiger partial charge in [-0.15, -0.1) is 0 Å². The number of rotatable bonds is 2. The highest BCUT2D eigenvalue weighted by Crippen LogP contribution is 2.53. The summed E-state index contributed by atoms with van der Waals surface area (Å²) in [6.45, 7) is 9.81. The van der Waals surface area contributed by atoms with Gasteiger partial charge in [0, 0.05) is 0 Å². The normalized spacial score (nSPS) is 33.5. The van der Waals surface area contributed by atoms with Crippen LogP contribution in [0.15, 0.2) is 0 Å². The van der Waals surface area contributed by atoms with Crippen LogP contribution in [0, 0.1) is 29.1 Å². The molecule has 0 bridgehead atoms. The lowest BCUT2D eigenvalue weighted by Crippen LogP contribution is -2.39. The van der Waals surface area contributed by atoms with Crippen LogP contribution in [0.5, 0.6) is 0 Å². The molecule has 17 heavy (non-hydrogen) atoms. The van der Waals surface area contributed by atoms with Crippen molar-refractivity contribution in [2.45, 2.75) is 79.1 Å². The summed E-state index contributed by atoms with van der Waals surface area (Å²) >= 11 is 0. The van der Waals surface area contributed by atoms with Crippen LogP contribution in [0.2, 0.25) is 0 Å². The van der Waals surface area contributed by atoms with Gasteiger partial charge in [0.15, 0.2) is 0 Å². The topological polar surface area (TPSA) is 0 Å². The Labute approximate surface area is 109 Å². The van der Waals surface area contributed by atoms with Crippen molar-refractivity contribution in [3.05, 3.63) is 0 Å². The molecule has 0 aromatic carbocycles. The molecule has 0 amide bonds. The Balaban J connectivity index is 2.07. The fraction of sp³-hybridized carbons (Fsp3) is 1.00. The second kappa shape index (κ2) is 5.33. The molecule has 0 nitrogen and oxygen atoms in total. The minimum atomic E-state index is 0.776. The minimum absolute atomic E-state index is 0.776. The summed E-state index contributed by atoms with van der Waals surface area (Å²) in [5.74, 6) is 3.79. The molecule has 0 heteroatoms. The Morgan fingerprint density at radius 2 is 1.35 bits per heavy atom. The van der Waals surface area contributed by atoms with Crippen LogP contribution >= 0.6 is 0 Å². The van der Waals surface area contributed by atoms with Gasteiger partial charge in [-0.1, -0.05) is 47.0 Å². The van der Waals surface area contributed by atoms with Crippen molar-refractivity contribution in [1.29, 1.82) is 0 Å². The quantitative estimate of drug-likeness (QED) is 0.580. The first kappa shape index (κ1) is 13.4. The lowest BCUT2D eigenvalue weighted by Gasteiger charge is -2.49. The second-order valence-electron chi connectivity index (χ2n) is 7.62. The van der Waals surface area contributed by atoms with E-state index in [4.69, 9.17) is 0 Å². The molecule has 2 aliphatic carbocycles. The summed E-state index contributed by atoms with van der Waals surface area (Å²) in [6.07, 6.45) is 12.2. The molecule has 0 saturated heterocycles. The van der Waals surface area contributed by atoms with E-state index in [0.29, 0.717) is 0 Å². The third-order valence-electron chi connectivity index (χ3n) is 5.85. The molecule has 2 fully saturated rings. The average Bonchev–Trinajstić information content (AvgIpc) is 2.29. The first-order valence-electron chi connectivity index (χ1n) is 8.04. The van der Waals surface area contributed by atoms with Crippen molar-refractivity contribution < 1.29 is 0 Å². The van der Waals surface area contributed by atoms with Crippen molar-refractivity contribution in [2.24, 2.45) is 29.1 Å². The molecule has 2 aliphatic rings. The zero-order chi connectivity index (χ0) is 12.5. The van der Waals surface area contributed by atoms with E-state index in [-0.39, 0.29) is 0 Å². The van der Waals surface area contributed by atoms with E-state index in [2.05, 4.69) is 27.7 Å². The molecule has 0 radical (unpaired) electrons. The Hall–Kier alpha value is 0. The van der Waals surface area contributed by atoms with Gasteiger partial charge in [-0.25, -0.2) is 0 Å². The van der Waals surface area contributed by atoms with Crippen LogP contribution in [0.4, 0.5) is 0 Å². The summed E-state index contributed by atoms with van der Waals surface area (Å²) in [6, 6.07) is 0. The fourth-order valence-corrected chi connectivity index (χ4v) is 4.75. The monoisotopic (exact) mass is 236 g/mol. The SMILES string of the molecule is CC(C)C1CCC2(CCCCC2)CC1C(C)C. The molecule has 2 atom stereocenters. The molecule has 0 aliphatic heterocycles. The minimum Gasteiger partial charge on any atom is -0.0625 e. The van der Waals surface area contributed by atoms with Crippen molar-refractivity contribution >= 4 is 0 Å². The smallest absolute Gasteiger partial charge is 0.0295 e. The Kier molecular flexibility index (Phi) is 4.21.